The van der Waals surface area contributed by atoms with Gasteiger partial charge in [-0.1, -0.05) is 24.4 Å². The summed E-state index contributed by atoms with van der Waals surface area (Å²) in [5.74, 6) is -1.05. The molecule has 128 valence electrons. The topological polar surface area (TPSA) is 138 Å². The molecule has 0 amide bonds. The third kappa shape index (κ3) is 5.03. The maximum absolute atomic E-state index is 10.8. The molecule has 0 aliphatic rings. The second-order valence-corrected chi connectivity index (χ2v) is 5.53. The first-order valence-corrected chi connectivity index (χ1v) is 7.38. The third-order valence-electron chi connectivity index (χ3n) is 3.64. The van der Waals surface area contributed by atoms with Crippen LogP contribution >= 0.6 is 12.2 Å². The Kier molecular flexibility index (Phi) is 7.20. The molecule has 1 aromatic rings. The first-order valence-electron chi connectivity index (χ1n) is 6.91. The van der Waals surface area contributed by atoms with E-state index >= 15 is 0 Å². The molecule has 4 atom stereocenters. The van der Waals surface area contributed by atoms with E-state index in [-0.39, 0.29) is 18.4 Å². The monoisotopic (exact) mass is 344 g/mol. The Morgan fingerprint density at radius 1 is 1.22 bits per heavy atom. The van der Waals surface area contributed by atoms with Gasteiger partial charge in [-0.25, -0.2) is 4.79 Å². The van der Waals surface area contributed by atoms with Gasteiger partial charge in [0, 0.05) is 5.37 Å². The highest BCUT2D eigenvalue weighted by Gasteiger charge is 2.40. The first-order chi connectivity index (χ1) is 10.7. The minimum absolute atomic E-state index is 0.0563. The lowest BCUT2D eigenvalue weighted by molar-refractivity contribution is -0.133. The van der Waals surface area contributed by atoms with Crippen LogP contribution in [0.4, 0.5) is 0 Å². The van der Waals surface area contributed by atoms with Crippen LogP contribution in [0.2, 0.25) is 0 Å². The van der Waals surface area contributed by atoms with Crippen LogP contribution in [0.5, 0.6) is 0 Å². The number of aromatic carboxylic acids is 1. The van der Waals surface area contributed by atoms with Crippen molar-refractivity contribution in [3.05, 3.63) is 35.4 Å². The van der Waals surface area contributed by atoms with Crippen molar-refractivity contribution in [3.63, 3.8) is 0 Å². The normalized spacial score (nSPS) is 17.8. The summed E-state index contributed by atoms with van der Waals surface area (Å²) < 4.78 is 0. The summed E-state index contributed by atoms with van der Waals surface area (Å²) in [6.07, 6.45) is -4.96. The van der Waals surface area contributed by atoms with Gasteiger partial charge in [-0.15, -0.1) is 0 Å². The number of thiocarbonyl (C=S) groups is 1. The van der Waals surface area contributed by atoms with Crippen molar-refractivity contribution in [2.24, 2.45) is 0 Å². The standard InChI is InChI=1S/C15H20O7S/c16-7-11(17)12(18)13(19)15(22,8-23)6-5-9-1-3-10(4-2-9)14(20)21/h1-4,8,11-13,16-19,22H,5-7H2,(H,20,21)/t11-,12-,13+,15+/m1/s1. The molecule has 23 heavy (non-hydrogen) atoms. The number of aliphatic hydroxyl groups is 5. The van der Waals surface area contributed by atoms with Gasteiger partial charge in [-0.05, 0) is 30.5 Å². The van der Waals surface area contributed by atoms with Crippen LogP contribution in [-0.4, -0.2) is 72.5 Å². The van der Waals surface area contributed by atoms with Crippen LogP contribution in [0.25, 0.3) is 0 Å². The van der Waals surface area contributed by atoms with E-state index in [1.165, 1.54) is 12.1 Å². The van der Waals surface area contributed by atoms with Gasteiger partial charge in [-0.3, -0.25) is 0 Å². The third-order valence-corrected chi connectivity index (χ3v) is 4.04. The summed E-state index contributed by atoms with van der Waals surface area (Å²) in [6, 6.07) is 5.96. The number of rotatable bonds is 9. The predicted molar refractivity (Wildman–Crippen MR) is 85.4 cm³/mol. The number of aliphatic hydroxyl groups excluding tert-OH is 4. The number of hydrogen-bond donors (Lipinski definition) is 6. The molecule has 6 N–H and O–H groups in total. The molecule has 7 nitrogen and oxygen atoms in total. The average Bonchev–Trinajstić information content (AvgIpc) is 2.57. The lowest BCUT2D eigenvalue weighted by atomic mass is 9.86. The molecule has 0 heterocycles. The van der Waals surface area contributed by atoms with Gasteiger partial charge < -0.3 is 30.6 Å². The lowest BCUT2D eigenvalue weighted by Crippen LogP contribution is -2.54. The summed E-state index contributed by atoms with van der Waals surface area (Å²) in [4.78, 5) is 10.8. The van der Waals surface area contributed by atoms with Crippen molar-refractivity contribution in [1.29, 1.82) is 0 Å². The van der Waals surface area contributed by atoms with Crippen LogP contribution in [-0.2, 0) is 6.42 Å². The largest absolute Gasteiger partial charge is 0.478 e. The molecule has 0 fully saturated rings. The summed E-state index contributed by atoms with van der Waals surface area (Å²) in [7, 11) is 0. The van der Waals surface area contributed by atoms with E-state index in [4.69, 9.17) is 22.4 Å². The number of aryl methyl sites for hydroxylation is 1. The van der Waals surface area contributed by atoms with E-state index in [1.54, 1.807) is 12.1 Å². The highest BCUT2D eigenvalue weighted by atomic mass is 32.1. The van der Waals surface area contributed by atoms with Gasteiger partial charge >= 0.3 is 5.97 Å². The predicted octanol–water partition coefficient (Wildman–Crippen LogP) is -0.877. The molecule has 0 bridgehead atoms. The van der Waals surface area contributed by atoms with Gasteiger partial charge in [0.1, 0.15) is 23.9 Å². The smallest absolute Gasteiger partial charge is 0.335 e. The zero-order valence-corrected chi connectivity index (χ0v) is 13.1. The molecule has 1 aromatic carbocycles. The van der Waals surface area contributed by atoms with E-state index in [0.717, 1.165) is 5.37 Å². The van der Waals surface area contributed by atoms with Gasteiger partial charge in [0.15, 0.2) is 0 Å². The highest BCUT2D eigenvalue weighted by Crippen LogP contribution is 2.21. The lowest BCUT2D eigenvalue weighted by Gasteiger charge is -2.33. The summed E-state index contributed by atoms with van der Waals surface area (Å²) in [5, 5.41) is 57.9. The Morgan fingerprint density at radius 3 is 2.22 bits per heavy atom. The van der Waals surface area contributed by atoms with Gasteiger partial charge in [0.2, 0.25) is 0 Å². The number of hydrogen-bond acceptors (Lipinski definition) is 7. The van der Waals surface area contributed by atoms with Crippen molar-refractivity contribution in [1.82, 2.24) is 0 Å². The number of carbonyl (C=O) groups is 1. The summed E-state index contributed by atoms with van der Waals surface area (Å²) >= 11 is 4.71. The minimum Gasteiger partial charge on any atom is -0.478 e. The Hall–Kier alpha value is -1.42. The maximum atomic E-state index is 10.8. The molecular formula is C15H20O7S. The SMILES string of the molecule is O=C(O)c1ccc(CC[C@](O)(C=S)[C@@H](O)[C@H](O)[C@H](O)CO)cc1. The van der Waals surface area contributed by atoms with E-state index in [9.17, 15) is 25.2 Å². The van der Waals surface area contributed by atoms with Gasteiger partial charge in [0.05, 0.1) is 12.2 Å². The molecule has 0 aliphatic heterocycles. The van der Waals surface area contributed by atoms with Crippen molar-refractivity contribution in [2.75, 3.05) is 6.61 Å². The highest BCUT2D eigenvalue weighted by molar-refractivity contribution is 7.79. The van der Waals surface area contributed by atoms with Crippen LogP contribution in [0.15, 0.2) is 24.3 Å². The minimum atomic E-state index is -1.95. The Morgan fingerprint density at radius 2 is 1.78 bits per heavy atom. The zero-order valence-electron chi connectivity index (χ0n) is 12.2. The van der Waals surface area contributed by atoms with Crippen molar-refractivity contribution >= 4 is 23.6 Å². The fourth-order valence-electron chi connectivity index (χ4n) is 2.05. The second kappa shape index (κ2) is 8.44. The Balaban J connectivity index is 2.78. The van der Waals surface area contributed by atoms with Crippen molar-refractivity contribution < 1.29 is 35.4 Å². The van der Waals surface area contributed by atoms with Crippen molar-refractivity contribution in [3.8, 4) is 0 Å². The maximum Gasteiger partial charge on any atom is 0.335 e. The van der Waals surface area contributed by atoms with Gasteiger partial charge in [0.25, 0.3) is 0 Å². The molecule has 0 spiro atoms. The molecule has 0 unspecified atom stereocenters. The second-order valence-electron chi connectivity index (χ2n) is 5.30. The van der Waals surface area contributed by atoms with Gasteiger partial charge in [-0.2, -0.15) is 0 Å². The van der Waals surface area contributed by atoms with Crippen LogP contribution < -0.4 is 0 Å². The molecule has 0 radical (unpaired) electrons. The number of carboxylic acids is 1. The fourth-order valence-corrected chi connectivity index (χ4v) is 2.31. The quantitative estimate of drug-likeness (QED) is 0.318. The zero-order chi connectivity index (χ0) is 17.6. The number of carboxylic acid groups (broad SMARTS) is 1. The number of benzene rings is 1. The van der Waals surface area contributed by atoms with Crippen LogP contribution in [0.3, 0.4) is 0 Å². The Labute approximate surface area is 138 Å². The average molecular weight is 344 g/mol. The van der Waals surface area contributed by atoms with E-state index in [0.29, 0.717) is 5.56 Å². The summed E-state index contributed by atoms with van der Waals surface area (Å²) in [5.41, 5.74) is -1.12. The fraction of sp³-hybridized carbons (Fsp3) is 0.467. The first kappa shape index (κ1) is 19.6. The molecule has 1 rings (SSSR count). The molecule has 0 aromatic heterocycles. The summed E-state index contributed by atoms with van der Waals surface area (Å²) in [6.45, 7) is -0.775. The Bertz CT molecular complexity index is 533. The van der Waals surface area contributed by atoms with E-state index in [2.05, 4.69) is 0 Å². The van der Waals surface area contributed by atoms with Crippen LogP contribution in [0, 0.1) is 0 Å². The van der Waals surface area contributed by atoms with Crippen molar-refractivity contribution in [2.45, 2.75) is 36.8 Å². The molecule has 8 heteroatoms. The molecular weight excluding hydrogens is 324 g/mol. The molecule has 0 saturated heterocycles. The molecule has 0 aliphatic carbocycles. The van der Waals surface area contributed by atoms with E-state index in [1.807, 2.05) is 0 Å². The van der Waals surface area contributed by atoms with E-state index < -0.39 is 36.5 Å². The molecule has 0 saturated carbocycles. The van der Waals surface area contributed by atoms with Crippen LogP contribution in [0.1, 0.15) is 22.3 Å².